The minimum absolute atomic E-state index is 0.0395. The van der Waals surface area contributed by atoms with Gasteiger partial charge in [0.1, 0.15) is 11.6 Å². The molecule has 0 aliphatic heterocycles. The zero-order valence-electron chi connectivity index (χ0n) is 9.12. The molecule has 0 amide bonds. The Balaban J connectivity index is 2.51. The van der Waals surface area contributed by atoms with Gasteiger partial charge in [-0.3, -0.25) is 0 Å². The van der Waals surface area contributed by atoms with Crippen LogP contribution in [-0.2, 0) is 13.1 Å². The van der Waals surface area contributed by atoms with E-state index < -0.39 is 12.5 Å². The topological polar surface area (TPSA) is 30.7 Å². The summed E-state index contributed by atoms with van der Waals surface area (Å²) >= 11 is 5.59. The Hall–Kier alpha value is -1.49. The third-order valence-corrected chi connectivity index (χ3v) is 2.61. The second-order valence-electron chi connectivity index (χ2n) is 3.44. The van der Waals surface area contributed by atoms with E-state index in [0.717, 1.165) is 0 Å². The molecule has 90 valence electrons. The summed E-state index contributed by atoms with van der Waals surface area (Å²) in [7, 11) is 0. The van der Waals surface area contributed by atoms with Crippen LogP contribution >= 0.6 is 11.6 Å². The van der Waals surface area contributed by atoms with Gasteiger partial charge < -0.3 is 0 Å². The summed E-state index contributed by atoms with van der Waals surface area (Å²) < 4.78 is 27.2. The number of hydrogen-bond acceptors (Lipinski definition) is 2. The Bertz CT molecular complexity index is 540. The minimum atomic E-state index is -0.740. The van der Waals surface area contributed by atoms with E-state index in [0.29, 0.717) is 17.9 Å². The maximum atomic E-state index is 13.3. The largest absolute Gasteiger partial charge is 0.242 e. The molecule has 1 aromatic carbocycles. The number of aromatic nitrogens is 3. The molecule has 17 heavy (non-hydrogen) atoms. The van der Waals surface area contributed by atoms with E-state index >= 15 is 0 Å². The zero-order chi connectivity index (χ0) is 12.4. The SMILES string of the molecule is CCc1nc(CF)nn1-c1ccc(Cl)c(F)c1. The second kappa shape index (κ2) is 4.79. The van der Waals surface area contributed by atoms with Crippen LogP contribution in [0.3, 0.4) is 0 Å². The molecule has 0 radical (unpaired) electrons. The van der Waals surface area contributed by atoms with Crippen molar-refractivity contribution in [3.05, 3.63) is 40.7 Å². The molecule has 1 aromatic heterocycles. The van der Waals surface area contributed by atoms with Crippen LogP contribution in [0.25, 0.3) is 5.69 Å². The lowest BCUT2D eigenvalue weighted by atomic mass is 10.3. The summed E-state index contributed by atoms with van der Waals surface area (Å²) in [6.07, 6.45) is 0.581. The molecule has 0 saturated carbocycles. The lowest BCUT2D eigenvalue weighted by Crippen LogP contribution is -2.02. The first-order valence-corrected chi connectivity index (χ1v) is 5.49. The average Bonchev–Trinajstić information content (AvgIpc) is 2.76. The summed E-state index contributed by atoms with van der Waals surface area (Å²) in [6.45, 7) is 1.13. The van der Waals surface area contributed by atoms with Crippen molar-refractivity contribution < 1.29 is 8.78 Å². The first-order valence-electron chi connectivity index (χ1n) is 5.12. The zero-order valence-corrected chi connectivity index (χ0v) is 9.88. The average molecular weight is 258 g/mol. The van der Waals surface area contributed by atoms with Crippen molar-refractivity contribution in [3.63, 3.8) is 0 Å². The predicted molar refractivity (Wildman–Crippen MR) is 60.5 cm³/mol. The Kier molecular flexibility index (Phi) is 3.38. The fraction of sp³-hybridized carbons (Fsp3) is 0.273. The van der Waals surface area contributed by atoms with E-state index in [1.54, 1.807) is 6.07 Å². The molecular formula is C11H10ClF2N3. The van der Waals surface area contributed by atoms with E-state index in [9.17, 15) is 8.78 Å². The fourth-order valence-corrected chi connectivity index (χ4v) is 1.62. The van der Waals surface area contributed by atoms with Gasteiger partial charge in [0.2, 0.25) is 0 Å². The Morgan fingerprint density at radius 3 is 2.76 bits per heavy atom. The Morgan fingerprint density at radius 1 is 1.41 bits per heavy atom. The summed E-state index contributed by atoms with van der Waals surface area (Å²) in [5.41, 5.74) is 0.482. The van der Waals surface area contributed by atoms with Gasteiger partial charge >= 0.3 is 0 Å². The molecule has 0 saturated heterocycles. The molecule has 0 aliphatic rings. The number of alkyl halides is 1. The molecule has 0 spiro atoms. The van der Waals surface area contributed by atoms with Gasteiger partial charge in [-0.15, -0.1) is 5.10 Å². The second-order valence-corrected chi connectivity index (χ2v) is 3.85. The van der Waals surface area contributed by atoms with Crippen molar-refractivity contribution in [2.75, 3.05) is 0 Å². The molecule has 0 atom stereocenters. The van der Waals surface area contributed by atoms with Crippen LogP contribution < -0.4 is 0 Å². The molecule has 3 nitrogen and oxygen atoms in total. The third kappa shape index (κ3) is 2.29. The summed E-state index contributed by atoms with van der Waals surface area (Å²) in [5, 5.41) is 4.00. The number of hydrogen-bond donors (Lipinski definition) is 0. The van der Waals surface area contributed by atoms with Crippen molar-refractivity contribution in [1.82, 2.24) is 14.8 Å². The van der Waals surface area contributed by atoms with Crippen molar-refractivity contribution in [3.8, 4) is 5.69 Å². The summed E-state index contributed by atoms with van der Waals surface area (Å²) in [4.78, 5) is 4.00. The van der Waals surface area contributed by atoms with E-state index in [4.69, 9.17) is 11.6 Å². The van der Waals surface area contributed by atoms with Crippen LogP contribution in [0.15, 0.2) is 18.2 Å². The molecule has 0 bridgehead atoms. The number of aryl methyl sites for hydroxylation is 1. The van der Waals surface area contributed by atoms with Gasteiger partial charge in [0, 0.05) is 12.5 Å². The lowest BCUT2D eigenvalue weighted by molar-refractivity contribution is 0.465. The van der Waals surface area contributed by atoms with Gasteiger partial charge in [-0.1, -0.05) is 18.5 Å². The van der Waals surface area contributed by atoms with Crippen LogP contribution in [0.4, 0.5) is 8.78 Å². The monoisotopic (exact) mass is 257 g/mol. The predicted octanol–water partition coefficient (Wildman–Crippen LogP) is 3.09. The smallest absolute Gasteiger partial charge is 0.182 e. The molecule has 0 fully saturated rings. The van der Waals surface area contributed by atoms with Crippen LogP contribution in [0.5, 0.6) is 0 Å². The highest BCUT2D eigenvalue weighted by atomic mass is 35.5. The van der Waals surface area contributed by atoms with Crippen LogP contribution in [-0.4, -0.2) is 14.8 Å². The maximum absolute atomic E-state index is 13.3. The molecule has 1 heterocycles. The highest BCUT2D eigenvalue weighted by Crippen LogP contribution is 2.19. The number of rotatable bonds is 3. The normalized spacial score (nSPS) is 10.8. The maximum Gasteiger partial charge on any atom is 0.182 e. The van der Waals surface area contributed by atoms with Crippen molar-refractivity contribution >= 4 is 11.6 Å². The van der Waals surface area contributed by atoms with Crippen molar-refractivity contribution in [1.29, 1.82) is 0 Å². The molecule has 2 aromatic rings. The highest BCUT2D eigenvalue weighted by molar-refractivity contribution is 6.30. The number of halogens is 3. The van der Waals surface area contributed by atoms with E-state index in [1.807, 2.05) is 6.92 Å². The Morgan fingerprint density at radius 2 is 2.18 bits per heavy atom. The Labute approximate surface area is 102 Å². The minimum Gasteiger partial charge on any atom is -0.242 e. The quantitative estimate of drug-likeness (QED) is 0.846. The summed E-state index contributed by atoms with van der Waals surface area (Å²) in [6, 6.07) is 4.29. The fourth-order valence-electron chi connectivity index (χ4n) is 1.50. The molecule has 0 N–H and O–H groups in total. The van der Waals surface area contributed by atoms with Crippen LogP contribution in [0.2, 0.25) is 5.02 Å². The van der Waals surface area contributed by atoms with Gasteiger partial charge in [0.15, 0.2) is 12.5 Å². The first-order chi connectivity index (χ1) is 8.15. The molecule has 0 unspecified atom stereocenters. The van der Waals surface area contributed by atoms with Gasteiger partial charge in [-0.2, -0.15) is 0 Å². The van der Waals surface area contributed by atoms with E-state index in [-0.39, 0.29) is 10.8 Å². The molecular weight excluding hydrogens is 248 g/mol. The van der Waals surface area contributed by atoms with E-state index in [2.05, 4.69) is 10.1 Å². The lowest BCUT2D eigenvalue weighted by Gasteiger charge is -2.04. The number of nitrogens with zero attached hydrogens (tertiary/aromatic N) is 3. The first kappa shape index (κ1) is 12.0. The third-order valence-electron chi connectivity index (χ3n) is 2.30. The molecule has 6 heteroatoms. The van der Waals surface area contributed by atoms with E-state index in [1.165, 1.54) is 16.8 Å². The van der Waals surface area contributed by atoms with Gasteiger partial charge in [0.25, 0.3) is 0 Å². The highest BCUT2D eigenvalue weighted by Gasteiger charge is 2.11. The van der Waals surface area contributed by atoms with Crippen molar-refractivity contribution in [2.45, 2.75) is 20.0 Å². The standard InChI is InChI=1S/C11H10ClF2N3/c1-2-11-15-10(6-13)16-17(11)7-3-4-8(12)9(14)5-7/h3-5H,2,6H2,1H3. The van der Waals surface area contributed by atoms with Gasteiger partial charge in [0.05, 0.1) is 10.7 Å². The van der Waals surface area contributed by atoms with Gasteiger partial charge in [-0.25, -0.2) is 18.4 Å². The molecule has 2 rings (SSSR count). The number of benzene rings is 1. The van der Waals surface area contributed by atoms with Gasteiger partial charge in [-0.05, 0) is 12.1 Å². The molecule has 0 aliphatic carbocycles. The summed E-state index contributed by atoms with van der Waals surface area (Å²) in [5.74, 6) is 0.139. The van der Waals surface area contributed by atoms with Crippen LogP contribution in [0.1, 0.15) is 18.6 Å². The van der Waals surface area contributed by atoms with Crippen LogP contribution in [0, 0.1) is 5.82 Å². The van der Waals surface area contributed by atoms with Crippen molar-refractivity contribution in [2.24, 2.45) is 0 Å².